The lowest BCUT2D eigenvalue weighted by atomic mass is 9.76. The summed E-state index contributed by atoms with van der Waals surface area (Å²) in [6.07, 6.45) is 13.9. The van der Waals surface area contributed by atoms with Gasteiger partial charge in [-0.05, 0) is 128 Å². The smallest absolute Gasteiger partial charge is 0.0134 e. The van der Waals surface area contributed by atoms with E-state index in [0.717, 1.165) is 0 Å². The quantitative estimate of drug-likeness (QED) is 0.334. The molecule has 0 bridgehead atoms. The molecule has 1 saturated heterocycles. The molecule has 0 spiro atoms. The Bertz CT molecular complexity index is 1090. The number of hydrogen-bond acceptors (Lipinski definition) is 0. The van der Waals surface area contributed by atoms with Gasteiger partial charge in [-0.25, -0.2) is 0 Å². The molecule has 1 saturated carbocycles. The Labute approximate surface area is 209 Å². The van der Waals surface area contributed by atoms with E-state index >= 15 is 0 Å². The summed E-state index contributed by atoms with van der Waals surface area (Å²) in [5, 5.41) is 1.65. The number of rotatable bonds is 4. The summed E-state index contributed by atoms with van der Waals surface area (Å²) in [7, 11) is -0.0415. The molecule has 178 valence electrons. The van der Waals surface area contributed by atoms with Gasteiger partial charge < -0.3 is 0 Å². The predicted molar refractivity (Wildman–Crippen MR) is 152 cm³/mol. The van der Waals surface area contributed by atoms with Crippen molar-refractivity contribution in [3.63, 3.8) is 0 Å². The van der Waals surface area contributed by atoms with Crippen LogP contribution in [0.2, 0.25) is 0 Å². The van der Waals surface area contributed by atoms with Crippen molar-refractivity contribution < 1.29 is 0 Å². The molecule has 2 aliphatic rings. The van der Waals surface area contributed by atoms with Crippen LogP contribution in [0.25, 0.3) is 22.3 Å². The molecule has 34 heavy (non-hydrogen) atoms. The Morgan fingerprint density at radius 1 is 0.559 bits per heavy atom. The van der Waals surface area contributed by atoms with Crippen LogP contribution < -0.4 is 5.30 Å². The van der Waals surface area contributed by atoms with E-state index in [1.165, 1.54) is 97.1 Å². The van der Waals surface area contributed by atoms with Gasteiger partial charge in [-0.2, -0.15) is 0 Å². The van der Waals surface area contributed by atoms with Gasteiger partial charge in [0.1, 0.15) is 0 Å². The lowest BCUT2D eigenvalue weighted by Crippen LogP contribution is -2.15. The van der Waals surface area contributed by atoms with E-state index in [9.17, 15) is 0 Å². The molecule has 5 rings (SSSR count). The molecular formula is C33H41P. The normalized spacial score (nSPS) is 17.8. The van der Waals surface area contributed by atoms with Gasteiger partial charge in [0, 0.05) is 0 Å². The Hall–Kier alpha value is -1.91. The van der Waals surface area contributed by atoms with E-state index in [-0.39, 0.29) is 7.92 Å². The topological polar surface area (TPSA) is 0 Å². The zero-order valence-corrected chi connectivity index (χ0v) is 22.6. The van der Waals surface area contributed by atoms with Crippen molar-refractivity contribution in [1.82, 2.24) is 0 Å². The Morgan fingerprint density at radius 3 is 1.56 bits per heavy atom. The fourth-order valence-electron chi connectivity index (χ4n) is 6.48. The Morgan fingerprint density at radius 2 is 1.06 bits per heavy atom. The van der Waals surface area contributed by atoms with Crippen LogP contribution in [0.5, 0.6) is 0 Å². The van der Waals surface area contributed by atoms with E-state index in [1.54, 1.807) is 22.0 Å². The van der Waals surface area contributed by atoms with Crippen LogP contribution in [0.4, 0.5) is 0 Å². The van der Waals surface area contributed by atoms with Gasteiger partial charge in [0.2, 0.25) is 0 Å². The minimum atomic E-state index is -0.0415. The molecule has 0 amide bonds. The molecule has 1 heteroatoms. The summed E-state index contributed by atoms with van der Waals surface area (Å²) in [5.74, 6) is 0.674. The third kappa shape index (κ3) is 4.90. The molecule has 1 aliphatic carbocycles. The van der Waals surface area contributed by atoms with E-state index in [0.29, 0.717) is 5.92 Å². The minimum Gasteiger partial charge on any atom is -0.0753 e. The van der Waals surface area contributed by atoms with Crippen molar-refractivity contribution in [2.75, 3.05) is 12.3 Å². The summed E-state index contributed by atoms with van der Waals surface area (Å²) in [6.45, 7) is 9.09. The first-order valence-electron chi connectivity index (χ1n) is 13.6. The lowest BCUT2D eigenvalue weighted by Gasteiger charge is -2.31. The van der Waals surface area contributed by atoms with E-state index in [1.807, 2.05) is 0 Å². The second kappa shape index (κ2) is 10.4. The van der Waals surface area contributed by atoms with Crippen molar-refractivity contribution in [2.45, 2.75) is 85.0 Å². The maximum Gasteiger partial charge on any atom is -0.0134 e. The fraction of sp³-hybridized carbons (Fsp3) is 0.455. The summed E-state index contributed by atoms with van der Waals surface area (Å²) in [6, 6.07) is 19.6. The molecule has 0 aromatic heterocycles. The molecule has 1 heterocycles. The zero-order valence-electron chi connectivity index (χ0n) is 21.7. The molecule has 3 aromatic rings. The zero-order chi connectivity index (χ0) is 23.7. The van der Waals surface area contributed by atoms with Crippen molar-refractivity contribution in [3.05, 3.63) is 76.3 Å². The average molecular weight is 469 g/mol. The third-order valence-corrected chi connectivity index (χ3v) is 10.9. The molecule has 3 aromatic carbocycles. The molecule has 0 atom stereocenters. The van der Waals surface area contributed by atoms with Gasteiger partial charge in [0.05, 0.1) is 0 Å². The first-order valence-corrected chi connectivity index (χ1v) is 15.3. The third-order valence-electron chi connectivity index (χ3n) is 8.24. The first kappa shape index (κ1) is 23.8. The molecular weight excluding hydrogens is 427 g/mol. The second-order valence-electron chi connectivity index (χ2n) is 11.0. The maximum absolute atomic E-state index is 2.66. The first-order chi connectivity index (χ1) is 16.5. The van der Waals surface area contributed by atoms with Crippen molar-refractivity contribution in [2.24, 2.45) is 0 Å². The van der Waals surface area contributed by atoms with Crippen LogP contribution >= 0.6 is 7.92 Å². The Balaban J connectivity index is 1.79. The largest absolute Gasteiger partial charge is 0.0753 e. The standard InChI is InChI=1S/C33H41P/c1-23-13-15-29(25(3)19-23)31-21-28(34-17-9-6-10-18-34)22-32(30-16-14-24(2)20-26(30)4)33(31)27-11-7-5-8-12-27/h13-16,19-22,27H,5-12,17-18H2,1-4H3. The highest BCUT2D eigenvalue weighted by atomic mass is 31.1. The van der Waals surface area contributed by atoms with Crippen LogP contribution in [-0.4, -0.2) is 12.3 Å². The monoisotopic (exact) mass is 468 g/mol. The van der Waals surface area contributed by atoms with Crippen LogP contribution in [0, 0.1) is 27.7 Å². The molecule has 0 nitrogen and oxygen atoms in total. The molecule has 1 aliphatic heterocycles. The van der Waals surface area contributed by atoms with Crippen LogP contribution in [0.1, 0.15) is 85.1 Å². The molecule has 0 unspecified atom stereocenters. The number of hydrogen-bond donors (Lipinski definition) is 0. The number of aryl methyl sites for hydroxylation is 4. The molecule has 2 fully saturated rings. The molecule has 0 N–H and O–H groups in total. The highest BCUT2D eigenvalue weighted by Gasteiger charge is 2.27. The Kier molecular flexibility index (Phi) is 7.27. The van der Waals surface area contributed by atoms with Gasteiger partial charge in [-0.15, -0.1) is 0 Å². The lowest BCUT2D eigenvalue weighted by molar-refractivity contribution is 0.445. The van der Waals surface area contributed by atoms with E-state index in [4.69, 9.17) is 0 Å². The van der Waals surface area contributed by atoms with Gasteiger partial charge in [-0.1, -0.05) is 81.1 Å². The fourth-order valence-corrected chi connectivity index (χ4v) is 9.06. The SMILES string of the molecule is Cc1ccc(-c2cc(P3CCCCC3)cc(-c3ccc(C)cc3C)c2C2CCCCC2)c(C)c1. The summed E-state index contributed by atoms with van der Waals surface area (Å²) in [5.41, 5.74) is 13.3. The summed E-state index contributed by atoms with van der Waals surface area (Å²) >= 11 is 0. The highest BCUT2D eigenvalue weighted by Crippen LogP contribution is 2.48. The maximum atomic E-state index is 2.66. The highest BCUT2D eigenvalue weighted by molar-refractivity contribution is 7.65. The van der Waals surface area contributed by atoms with E-state index in [2.05, 4.69) is 76.2 Å². The van der Waals surface area contributed by atoms with Gasteiger partial charge >= 0.3 is 0 Å². The van der Waals surface area contributed by atoms with Crippen LogP contribution in [0.15, 0.2) is 48.5 Å². The molecule has 0 radical (unpaired) electrons. The van der Waals surface area contributed by atoms with Crippen LogP contribution in [-0.2, 0) is 0 Å². The number of benzene rings is 3. The van der Waals surface area contributed by atoms with Crippen molar-refractivity contribution in [1.29, 1.82) is 0 Å². The van der Waals surface area contributed by atoms with Crippen molar-refractivity contribution in [3.8, 4) is 22.3 Å². The van der Waals surface area contributed by atoms with Crippen LogP contribution in [0.3, 0.4) is 0 Å². The minimum absolute atomic E-state index is 0.0415. The average Bonchev–Trinajstić information content (AvgIpc) is 2.84. The predicted octanol–water partition coefficient (Wildman–Crippen LogP) is 9.59. The van der Waals surface area contributed by atoms with Gasteiger partial charge in [0.25, 0.3) is 0 Å². The van der Waals surface area contributed by atoms with E-state index < -0.39 is 0 Å². The second-order valence-corrected chi connectivity index (χ2v) is 13.5. The summed E-state index contributed by atoms with van der Waals surface area (Å²) in [4.78, 5) is 0. The van der Waals surface area contributed by atoms with Gasteiger partial charge in [-0.3, -0.25) is 0 Å². The summed E-state index contributed by atoms with van der Waals surface area (Å²) < 4.78 is 0. The van der Waals surface area contributed by atoms with Crippen molar-refractivity contribution >= 4 is 13.2 Å². The van der Waals surface area contributed by atoms with Gasteiger partial charge in [0.15, 0.2) is 0 Å².